The molecule has 0 aliphatic heterocycles. The average molecular weight is 587 g/mol. The predicted octanol–water partition coefficient (Wildman–Crippen LogP) is 4.83. The van der Waals surface area contributed by atoms with Crippen molar-refractivity contribution in [2.24, 2.45) is 5.92 Å². The number of carbonyl (C=O) groups excluding carboxylic acids is 2. The molecule has 0 fully saturated rings. The van der Waals surface area contributed by atoms with E-state index < -0.39 is 28.5 Å². The lowest BCUT2D eigenvalue weighted by molar-refractivity contribution is -0.139. The topological polar surface area (TPSA) is 86.8 Å². The van der Waals surface area contributed by atoms with Crippen molar-refractivity contribution >= 4 is 43.5 Å². The largest absolute Gasteiger partial charge is 0.354 e. The van der Waals surface area contributed by atoms with Gasteiger partial charge in [-0.3, -0.25) is 13.9 Å². The molecule has 1 N–H and O–H groups in total. The number of nitrogens with zero attached hydrogens (tertiary/aromatic N) is 2. The van der Waals surface area contributed by atoms with Crippen LogP contribution in [-0.2, 0) is 26.2 Å². The van der Waals surface area contributed by atoms with Gasteiger partial charge in [-0.25, -0.2) is 8.42 Å². The summed E-state index contributed by atoms with van der Waals surface area (Å²) in [4.78, 5) is 28.3. The van der Waals surface area contributed by atoms with Crippen molar-refractivity contribution in [2.45, 2.75) is 38.3 Å². The van der Waals surface area contributed by atoms with Crippen LogP contribution in [0.3, 0.4) is 0 Å². The molecule has 3 rings (SSSR count). The molecule has 3 aromatic carbocycles. The standard InChI is InChI=1S/C28H32BrN3O4S/c1-21(2)18-30-28(34)22(3)31(19-23-11-6-4-7-12-23)27(33)20-32(25-14-10-13-24(29)17-25)37(35,36)26-15-8-5-9-16-26/h4-17,21-22H,18-20H2,1-3H3,(H,30,34)/t22-/m0/s1. The number of rotatable bonds is 11. The zero-order valence-electron chi connectivity index (χ0n) is 21.2. The van der Waals surface area contributed by atoms with E-state index in [1.54, 1.807) is 49.4 Å². The molecule has 7 nitrogen and oxygen atoms in total. The van der Waals surface area contributed by atoms with Gasteiger partial charge in [-0.2, -0.15) is 0 Å². The van der Waals surface area contributed by atoms with Crippen LogP contribution in [0.4, 0.5) is 5.69 Å². The number of benzene rings is 3. The van der Waals surface area contributed by atoms with E-state index >= 15 is 0 Å². The van der Waals surface area contributed by atoms with E-state index in [9.17, 15) is 18.0 Å². The van der Waals surface area contributed by atoms with E-state index in [1.807, 2.05) is 44.2 Å². The molecule has 0 saturated carbocycles. The molecule has 0 aliphatic rings. The van der Waals surface area contributed by atoms with Gasteiger partial charge in [0, 0.05) is 17.6 Å². The van der Waals surface area contributed by atoms with Gasteiger partial charge in [0.2, 0.25) is 11.8 Å². The molecule has 0 aromatic heterocycles. The van der Waals surface area contributed by atoms with Gasteiger partial charge >= 0.3 is 0 Å². The number of nitrogens with one attached hydrogen (secondary N) is 1. The number of anilines is 1. The van der Waals surface area contributed by atoms with Gasteiger partial charge in [-0.05, 0) is 48.7 Å². The maximum atomic E-state index is 13.8. The van der Waals surface area contributed by atoms with Crippen LogP contribution in [0.25, 0.3) is 0 Å². The highest BCUT2D eigenvalue weighted by molar-refractivity contribution is 9.10. The van der Waals surface area contributed by atoms with Crippen LogP contribution in [0.15, 0.2) is 94.3 Å². The van der Waals surface area contributed by atoms with Crippen LogP contribution in [0.2, 0.25) is 0 Å². The Labute approximate surface area is 227 Å². The number of hydrogen-bond acceptors (Lipinski definition) is 4. The molecule has 0 unspecified atom stereocenters. The van der Waals surface area contributed by atoms with Crippen LogP contribution in [0.5, 0.6) is 0 Å². The van der Waals surface area contributed by atoms with Crippen LogP contribution in [0, 0.1) is 5.92 Å². The third kappa shape index (κ3) is 7.66. The molecular weight excluding hydrogens is 554 g/mol. The van der Waals surface area contributed by atoms with Crippen molar-refractivity contribution in [2.75, 3.05) is 17.4 Å². The van der Waals surface area contributed by atoms with Gasteiger partial charge in [0.1, 0.15) is 12.6 Å². The number of sulfonamides is 1. The number of carbonyl (C=O) groups is 2. The Kier molecular flexibility index (Phi) is 9.88. The molecule has 0 radical (unpaired) electrons. The fourth-order valence-corrected chi connectivity index (χ4v) is 5.51. The third-order valence-corrected chi connectivity index (χ3v) is 8.04. The number of halogens is 1. The van der Waals surface area contributed by atoms with Crippen molar-refractivity contribution in [3.63, 3.8) is 0 Å². The van der Waals surface area contributed by atoms with E-state index in [1.165, 1.54) is 17.0 Å². The summed E-state index contributed by atoms with van der Waals surface area (Å²) in [6.45, 7) is 5.80. The summed E-state index contributed by atoms with van der Waals surface area (Å²) in [5, 5.41) is 2.88. The minimum atomic E-state index is -4.08. The van der Waals surface area contributed by atoms with Gasteiger partial charge in [-0.1, -0.05) is 84.4 Å². The summed E-state index contributed by atoms with van der Waals surface area (Å²) < 4.78 is 29.2. The lowest BCUT2D eigenvalue weighted by Gasteiger charge is -2.32. The molecule has 2 amide bonds. The van der Waals surface area contributed by atoms with E-state index in [-0.39, 0.29) is 23.3 Å². The first-order chi connectivity index (χ1) is 17.6. The Morgan fingerprint density at radius 2 is 1.51 bits per heavy atom. The van der Waals surface area contributed by atoms with Gasteiger partial charge < -0.3 is 10.2 Å². The summed E-state index contributed by atoms with van der Waals surface area (Å²) in [5.41, 5.74) is 1.17. The van der Waals surface area contributed by atoms with Gasteiger partial charge in [-0.15, -0.1) is 0 Å². The van der Waals surface area contributed by atoms with Crippen LogP contribution >= 0.6 is 15.9 Å². The third-order valence-electron chi connectivity index (χ3n) is 5.75. The second-order valence-electron chi connectivity index (χ2n) is 9.13. The smallest absolute Gasteiger partial charge is 0.264 e. The van der Waals surface area contributed by atoms with Crippen LogP contribution in [-0.4, -0.2) is 44.3 Å². The Morgan fingerprint density at radius 3 is 2.11 bits per heavy atom. The molecule has 37 heavy (non-hydrogen) atoms. The van der Waals surface area contributed by atoms with Gasteiger partial charge in [0.15, 0.2) is 0 Å². The summed E-state index contributed by atoms with van der Waals surface area (Å²) >= 11 is 3.39. The summed E-state index contributed by atoms with van der Waals surface area (Å²) in [6, 6.07) is 23.3. The Balaban J connectivity index is 1.98. The van der Waals surface area contributed by atoms with Crippen molar-refractivity contribution < 1.29 is 18.0 Å². The lowest BCUT2D eigenvalue weighted by atomic mass is 10.1. The Bertz CT molecular complexity index is 1300. The van der Waals surface area contributed by atoms with Gasteiger partial charge in [0.05, 0.1) is 10.6 Å². The molecule has 0 spiro atoms. The van der Waals surface area contributed by atoms with Crippen LogP contribution in [0.1, 0.15) is 26.3 Å². The maximum Gasteiger partial charge on any atom is 0.264 e. The Hall–Kier alpha value is -3.17. The highest BCUT2D eigenvalue weighted by Gasteiger charge is 2.32. The summed E-state index contributed by atoms with van der Waals surface area (Å²) in [5.74, 6) is -0.536. The first-order valence-electron chi connectivity index (χ1n) is 12.0. The highest BCUT2D eigenvalue weighted by Crippen LogP contribution is 2.27. The minimum absolute atomic E-state index is 0.0695. The molecule has 1 atom stereocenters. The Morgan fingerprint density at radius 1 is 0.892 bits per heavy atom. The van der Waals surface area contributed by atoms with Crippen LogP contribution < -0.4 is 9.62 Å². The van der Waals surface area contributed by atoms with E-state index in [2.05, 4.69) is 21.2 Å². The summed E-state index contributed by atoms with van der Waals surface area (Å²) in [6.07, 6.45) is 0. The fourth-order valence-electron chi connectivity index (χ4n) is 3.69. The monoisotopic (exact) mass is 585 g/mol. The molecule has 0 aliphatic carbocycles. The summed E-state index contributed by atoms with van der Waals surface area (Å²) in [7, 11) is -4.08. The minimum Gasteiger partial charge on any atom is -0.354 e. The normalized spacial score (nSPS) is 12.1. The molecule has 9 heteroatoms. The van der Waals surface area contributed by atoms with E-state index in [0.29, 0.717) is 16.7 Å². The van der Waals surface area contributed by atoms with Crippen molar-refractivity contribution in [3.05, 3.63) is 95.0 Å². The highest BCUT2D eigenvalue weighted by atomic mass is 79.9. The van der Waals surface area contributed by atoms with E-state index in [4.69, 9.17) is 0 Å². The van der Waals surface area contributed by atoms with Crippen molar-refractivity contribution in [3.8, 4) is 0 Å². The predicted molar refractivity (Wildman–Crippen MR) is 149 cm³/mol. The van der Waals surface area contributed by atoms with Crippen molar-refractivity contribution in [1.82, 2.24) is 10.2 Å². The van der Waals surface area contributed by atoms with Gasteiger partial charge in [0.25, 0.3) is 10.0 Å². The molecule has 0 heterocycles. The fraction of sp³-hybridized carbons (Fsp3) is 0.286. The van der Waals surface area contributed by atoms with E-state index in [0.717, 1.165) is 9.87 Å². The SMILES string of the molecule is CC(C)CNC(=O)[C@H](C)N(Cc1ccccc1)C(=O)CN(c1cccc(Br)c1)S(=O)(=O)c1ccccc1. The maximum absolute atomic E-state index is 13.8. The first kappa shape index (κ1) is 28.4. The first-order valence-corrected chi connectivity index (χ1v) is 14.3. The van der Waals surface area contributed by atoms with Crippen molar-refractivity contribution in [1.29, 1.82) is 0 Å². The molecular formula is C28H32BrN3O4S. The second-order valence-corrected chi connectivity index (χ2v) is 11.9. The molecule has 0 saturated heterocycles. The lowest BCUT2D eigenvalue weighted by Crippen LogP contribution is -2.51. The quantitative estimate of drug-likeness (QED) is 0.349. The number of hydrogen-bond donors (Lipinski definition) is 1. The molecule has 196 valence electrons. The number of amides is 2. The second kappa shape index (κ2) is 12.9. The molecule has 0 bridgehead atoms. The zero-order chi connectivity index (χ0) is 27.0. The zero-order valence-corrected chi connectivity index (χ0v) is 23.6. The average Bonchev–Trinajstić information content (AvgIpc) is 2.89. The molecule has 3 aromatic rings.